The second kappa shape index (κ2) is 8.08. The van der Waals surface area contributed by atoms with Gasteiger partial charge in [0, 0.05) is 32.0 Å². The molecule has 2 aromatic rings. The van der Waals surface area contributed by atoms with E-state index in [9.17, 15) is 19.2 Å². The minimum absolute atomic E-state index is 0.106. The summed E-state index contributed by atoms with van der Waals surface area (Å²) >= 11 is 0. The first-order valence-electron chi connectivity index (χ1n) is 7.01. The van der Waals surface area contributed by atoms with Crippen molar-refractivity contribution in [3.8, 4) is 0 Å². The molecule has 122 valence electrons. The average Bonchev–Trinajstić information content (AvgIpc) is 2.59. The lowest BCUT2D eigenvalue weighted by atomic mass is 10.1. The Bertz CT molecular complexity index is 758. The van der Waals surface area contributed by atoms with Crippen LogP contribution in [-0.4, -0.2) is 24.1 Å². The molecule has 0 N–H and O–H groups in total. The highest BCUT2D eigenvalue weighted by atomic mass is 33.1. The van der Waals surface area contributed by atoms with Gasteiger partial charge < -0.3 is 0 Å². The number of carbonyl (C=O) groups excluding carboxylic acids is 4. The largest absolute Gasteiger partial charge is 0.298 e. The second-order valence-electron chi connectivity index (χ2n) is 5.02. The third-order valence-corrected chi connectivity index (χ3v) is 5.82. The summed E-state index contributed by atoms with van der Waals surface area (Å²) in [6, 6.07) is 9.86. The van der Waals surface area contributed by atoms with E-state index in [1.165, 1.54) is 35.4 Å². The van der Waals surface area contributed by atoms with Gasteiger partial charge in [-0.3, -0.25) is 19.2 Å². The Balaban J connectivity index is 2.25. The minimum atomic E-state index is -0.106. The Morgan fingerprint density at radius 2 is 1.12 bits per heavy atom. The molecular formula is C18H14O4S2. The van der Waals surface area contributed by atoms with Crippen LogP contribution >= 0.6 is 21.6 Å². The van der Waals surface area contributed by atoms with Gasteiger partial charge in [0.15, 0.2) is 24.1 Å². The maximum Gasteiger partial charge on any atom is 0.159 e. The molecule has 4 nitrogen and oxygen atoms in total. The molecule has 0 bridgehead atoms. The fourth-order valence-electron chi connectivity index (χ4n) is 1.96. The maximum atomic E-state index is 11.4. The van der Waals surface area contributed by atoms with E-state index in [-0.39, 0.29) is 11.6 Å². The van der Waals surface area contributed by atoms with Gasteiger partial charge in [0.05, 0.1) is 0 Å². The molecule has 0 saturated carbocycles. The Kier molecular flexibility index (Phi) is 6.11. The van der Waals surface area contributed by atoms with Crippen LogP contribution in [0, 0.1) is 0 Å². The lowest BCUT2D eigenvalue weighted by molar-refractivity contribution is 0.100. The predicted molar refractivity (Wildman–Crippen MR) is 95.4 cm³/mol. The monoisotopic (exact) mass is 358 g/mol. The van der Waals surface area contributed by atoms with Crippen LogP contribution < -0.4 is 0 Å². The lowest BCUT2D eigenvalue weighted by Crippen LogP contribution is -1.95. The third kappa shape index (κ3) is 4.21. The van der Waals surface area contributed by atoms with E-state index in [0.717, 1.165) is 0 Å². The molecule has 0 aliphatic heterocycles. The topological polar surface area (TPSA) is 68.3 Å². The van der Waals surface area contributed by atoms with Crippen molar-refractivity contribution in [2.45, 2.75) is 23.6 Å². The highest BCUT2D eigenvalue weighted by Crippen LogP contribution is 2.40. The quantitative estimate of drug-likeness (QED) is 0.412. The predicted octanol–water partition coefficient (Wildman–Crippen LogP) is 4.52. The molecule has 0 unspecified atom stereocenters. The number of ketones is 2. The summed E-state index contributed by atoms with van der Waals surface area (Å²) in [4.78, 5) is 46.6. The molecule has 0 amide bonds. The number of benzene rings is 2. The zero-order chi connectivity index (χ0) is 17.7. The van der Waals surface area contributed by atoms with E-state index in [0.29, 0.717) is 44.6 Å². The van der Waals surface area contributed by atoms with Crippen LogP contribution in [-0.2, 0) is 0 Å². The third-order valence-electron chi connectivity index (χ3n) is 3.31. The molecule has 2 aromatic carbocycles. The molecule has 0 aliphatic rings. The first kappa shape index (κ1) is 18.2. The van der Waals surface area contributed by atoms with Crippen molar-refractivity contribution in [3.63, 3.8) is 0 Å². The van der Waals surface area contributed by atoms with E-state index in [2.05, 4.69) is 0 Å². The van der Waals surface area contributed by atoms with Gasteiger partial charge in [-0.25, -0.2) is 0 Å². The standard InChI is InChI=1S/C18H14O4S2/c1-11(21)13-3-5-17(15(7-13)9-19)23-24-18-6-4-14(12(2)22)8-16(18)10-20/h3-10H,1-2H3. The Morgan fingerprint density at radius 1 is 0.750 bits per heavy atom. The van der Waals surface area contributed by atoms with Crippen LogP contribution in [0.1, 0.15) is 55.3 Å². The molecule has 0 atom stereocenters. The normalized spacial score (nSPS) is 10.2. The summed E-state index contributed by atoms with van der Waals surface area (Å²) in [5.74, 6) is -0.212. The number of hydrogen-bond acceptors (Lipinski definition) is 6. The summed E-state index contributed by atoms with van der Waals surface area (Å²) in [6.07, 6.45) is 1.41. The summed E-state index contributed by atoms with van der Waals surface area (Å²) in [7, 11) is 2.64. The van der Waals surface area contributed by atoms with E-state index >= 15 is 0 Å². The highest BCUT2D eigenvalue weighted by Gasteiger charge is 2.11. The molecule has 0 heterocycles. The van der Waals surface area contributed by atoms with Crippen molar-refractivity contribution in [2.24, 2.45) is 0 Å². The van der Waals surface area contributed by atoms with E-state index in [4.69, 9.17) is 0 Å². The number of rotatable bonds is 7. The molecule has 24 heavy (non-hydrogen) atoms. The van der Waals surface area contributed by atoms with Crippen molar-refractivity contribution >= 4 is 45.7 Å². The molecule has 0 aromatic heterocycles. The molecule has 0 fully saturated rings. The number of carbonyl (C=O) groups is 4. The van der Waals surface area contributed by atoms with Gasteiger partial charge in [-0.1, -0.05) is 33.7 Å². The van der Waals surface area contributed by atoms with E-state index in [1.807, 2.05) is 0 Å². The number of Topliss-reactive ketones (excluding diaryl/α,β-unsaturated/α-hetero) is 2. The van der Waals surface area contributed by atoms with Crippen LogP contribution in [0.15, 0.2) is 46.2 Å². The van der Waals surface area contributed by atoms with Crippen LogP contribution in [0.4, 0.5) is 0 Å². The molecule has 0 radical (unpaired) electrons. The fourth-order valence-corrected chi connectivity index (χ4v) is 4.24. The SMILES string of the molecule is CC(=O)c1ccc(SSc2ccc(C(C)=O)cc2C=O)c(C=O)c1. The molecule has 0 aliphatic carbocycles. The molecule has 6 heteroatoms. The van der Waals surface area contributed by atoms with Crippen LogP contribution in [0.25, 0.3) is 0 Å². The van der Waals surface area contributed by atoms with E-state index < -0.39 is 0 Å². The van der Waals surface area contributed by atoms with Gasteiger partial charge in [-0.05, 0) is 38.1 Å². The van der Waals surface area contributed by atoms with Crippen molar-refractivity contribution < 1.29 is 19.2 Å². The molecular weight excluding hydrogens is 344 g/mol. The first-order chi connectivity index (χ1) is 11.5. The fraction of sp³-hybridized carbons (Fsp3) is 0.111. The summed E-state index contributed by atoms with van der Waals surface area (Å²) < 4.78 is 0. The lowest BCUT2D eigenvalue weighted by Gasteiger charge is -2.08. The number of hydrogen-bond donors (Lipinski definition) is 0. The number of aldehydes is 2. The van der Waals surface area contributed by atoms with Gasteiger partial charge in [0.2, 0.25) is 0 Å². The average molecular weight is 358 g/mol. The minimum Gasteiger partial charge on any atom is -0.298 e. The molecule has 2 rings (SSSR count). The first-order valence-corrected chi connectivity index (χ1v) is 9.16. The summed E-state index contributed by atoms with van der Waals surface area (Å²) in [5, 5.41) is 0. The van der Waals surface area contributed by atoms with Gasteiger partial charge in [0.25, 0.3) is 0 Å². The van der Waals surface area contributed by atoms with Gasteiger partial charge in [-0.15, -0.1) is 0 Å². The van der Waals surface area contributed by atoms with Crippen molar-refractivity contribution in [3.05, 3.63) is 58.7 Å². The molecule has 0 saturated heterocycles. The van der Waals surface area contributed by atoms with Crippen molar-refractivity contribution in [1.82, 2.24) is 0 Å². The van der Waals surface area contributed by atoms with Gasteiger partial charge >= 0.3 is 0 Å². The smallest absolute Gasteiger partial charge is 0.159 e. The Hall–Kier alpha value is -2.18. The van der Waals surface area contributed by atoms with Crippen LogP contribution in [0.2, 0.25) is 0 Å². The zero-order valence-electron chi connectivity index (χ0n) is 13.1. The highest BCUT2D eigenvalue weighted by molar-refractivity contribution is 8.76. The Morgan fingerprint density at radius 3 is 1.42 bits per heavy atom. The second-order valence-corrected chi connectivity index (χ2v) is 7.23. The molecule has 0 spiro atoms. The van der Waals surface area contributed by atoms with Crippen LogP contribution in [0.5, 0.6) is 0 Å². The summed E-state index contributed by atoms with van der Waals surface area (Å²) in [6.45, 7) is 2.89. The van der Waals surface area contributed by atoms with Crippen LogP contribution in [0.3, 0.4) is 0 Å². The van der Waals surface area contributed by atoms with Crippen molar-refractivity contribution in [1.29, 1.82) is 0 Å². The maximum absolute atomic E-state index is 11.4. The van der Waals surface area contributed by atoms with Crippen molar-refractivity contribution in [2.75, 3.05) is 0 Å². The van der Waals surface area contributed by atoms with E-state index in [1.54, 1.807) is 36.4 Å². The zero-order valence-corrected chi connectivity index (χ0v) is 14.7. The Labute approximate surface area is 147 Å². The van der Waals surface area contributed by atoms with Gasteiger partial charge in [0.1, 0.15) is 0 Å². The van der Waals surface area contributed by atoms with Gasteiger partial charge in [-0.2, -0.15) is 0 Å². The summed E-state index contributed by atoms with van der Waals surface area (Å²) in [5.41, 5.74) is 1.80.